The van der Waals surface area contributed by atoms with E-state index < -0.39 is 17.7 Å². The number of likely N-dealkylation sites (tertiary alicyclic amines) is 1. The van der Waals surface area contributed by atoms with E-state index in [0.29, 0.717) is 6.42 Å². The van der Waals surface area contributed by atoms with E-state index in [0.717, 1.165) is 57.3 Å². The smallest absolute Gasteiger partial charge is 0.309 e. The maximum Gasteiger partial charge on any atom is 0.309 e. The van der Waals surface area contributed by atoms with Gasteiger partial charge < -0.3 is 10.2 Å². The lowest BCUT2D eigenvalue weighted by molar-refractivity contribution is -0.140. The number of carbonyl (C=O) groups excluding carboxylic acids is 3. The van der Waals surface area contributed by atoms with E-state index in [9.17, 15) is 14.4 Å². The van der Waals surface area contributed by atoms with Crippen LogP contribution in [0.2, 0.25) is 0 Å². The summed E-state index contributed by atoms with van der Waals surface area (Å²) in [5.74, 6) is -0.547. The number of nitrogens with zero attached hydrogens (tertiary/aromatic N) is 2. The average Bonchev–Trinajstić information content (AvgIpc) is 3.03. The van der Waals surface area contributed by atoms with Crippen molar-refractivity contribution in [1.82, 2.24) is 15.6 Å². The maximum absolute atomic E-state index is 12.6. The van der Waals surface area contributed by atoms with E-state index in [-0.39, 0.29) is 17.7 Å². The molecule has 1 atom stereocenters. The summed E-state index contributed by atoms with van der Waals surface area (Å²) in [6.45, 7) is 4.84. The van der Waals surface area contributed by atoms with Gasteiger partial charge in [0.25, 0.3) is 0 Å². The van der Waals surface area contributed by atoms with Crippen LogP contribution in [0.25, 0.3) is 0 Å². The normalized spacial score (nSPS) is 21.1. The zero-order valence-corrected chi connectivity index (χ0v) is 16.2. The predicted molar refractivity (Wildman–Crippen MR) is 100 cm³/mol. The lowest BCUT2D eigenvalue weighted by Gasteiger charge is -2.24. The van der Waals surface area contributed by atoms with Crippen LogP contribution in [-0.2, 0) is 14.4 Å². The first-order valence-corrected chi connectivity index (χ1v) is 9.80. The Morgan fingerprint density at radius 2 is 1.85 bits per heavy atom. The molecule has 146 valence electrons. The summed E-state index contributed by atoms with van der Waals surface area (Å²) >= 11 is 0. The van der Waals surface area contributed by atoms with Crippen LogP contribution in [0.15, 0.2) is 5.10 Å². The molecule has 2 amide bonds. The van der Waals surface area contributed by atoms with E-state index >= 15 is 0 Å². The lowest BCUT2D eigenvalue weighted by atomic mass is 9.88. The quantitative estimate of drug-likeness (QED) is 0.532. The Kier molecular flexibility index (Phi) is 7.60. The molecule has 7 nitrogen and oxygen atoms in total. The van der Waals surface area contributed by atoms with Crippen molar-refractivity contribution in [2.75, 3.05) is 13.6 Å². The summed E-state index contributed by atoms with van der Waals surface area (Å²) in [6.07, 6.45) is 7.21. The van der Waals surface area contributed by atoms with Gasteiger partial charge in [-0.15, -0.1) is 0 Å². The Bertz CT molecular complexity index is 553. The Morgan fingerprint density at radius 3 is 2.42 bits per heavy atom. The molecule has 1 aliphatic heterocycles. The fraction of sp³-hybridized carbons (Fsp3) is 0.789. The number of carbonyl (C=O) groups is 3. The van der Waals surface area contributed by atoms with Gasteiger partial charge in [0.05, 0.1) is 6.04 Å². The Morgan fingerprint density at radius 1 is 1.15 bits per heavy atom. The highest BCUT2D eigenvalue weighted by Gasteiger charge is 2.30. The van der Waals surface area contributed by atoms with Crippen LogP contribution in [0.3, 0.4) is 0 Å². The van der Waals surface area contributed by atoms with E-state index in [1.54, 1.807) is 0 Å². The van der Waals surface area contributed by atoms with E-state index in [1.807, 2.05) is 25.8 Å². The number of Topliss-reactive ketones (excluding diaryl/α,β-unsaturated/α-hetero) is 1. The monoisotopic (exact) mass is 364 g/mol. The third kappa shape index (κ3) is 5.81. The van der Waals surface area contributed by atoms with Gasteiger partial charge in [-0.3, -0.25) is 14.4 Å². The molecule has 1 heterocycles. The third-order valence-corrected chi connectivity index (χ3v) is 5.16. The molecule has 0 spiro atoms. The first-order valence-electron chi connectivity index (χ1n) is 9.80. The van der Waals surface area contributed by atoms with Crippen molar-refractivity contribution >= 4 is 23.4 Å². The molecule has 0 aromatic heterocycles. The van der Waals surface area contributed by atoms with Crippen LogP contribution < -0.4 is 10.7 Å². The zero-order valence-electron chi connectivity index (χ0n) is 16.2. The molecule has 0 aromatic carbocycles. The molecule has 2 rings (SSSR count). The first kappa shape index (κ1) is 20.4. The fourth-order valence-corrected chi connectivity index (χ4v) is 3.62. The van der Waals surface area contributed by atoms with Gasteiger partial charge in [-0.1, -0.05) is 33.1 Å². The molecule has 1 saturated heterocycles. The molecule has 0 bridgehead atoms. The second kappa shape index (κ2) is 9.69. The minimum atomic E-state index is -0.786. The summed E-state index contributed by atoms with van der Waals surface area (Å²) in [6, 6.07) is -0.786. The first-order chi connectivity index (χ1) is 12.4. The topological polar surface area (TPSA) is 90.9 Å². The van der Waals surface area contributed by atoms with Crippen LogP contribution >= 0.6 is 0 Å². The standard InChI is InChI=1S/C19H32N4O3/c1-13(2)12-15(20-18(25)14-8-5-4-6-9-14)17(24)19(26)22-21-16-10-7-11-23(16)3/h13-15H,4-12H2,1-3H3,(H,20,25)(H,22,26). The van der Waals surface area contributed by atoms with Crippen molar-refractivity contribution in [2.45, 2.75) is 71.3 Å². The molecule has 2 fully saturated rings. The van der Waals surface area contributed by atoms with Crippen LogP contribution in [0.4, 0.5) is 0 Å². The number of ketones is 1. The van der Waals surface area contributed by atoms with Gasteiger partial charge in [-0.05, 0) is 31.6 Å². The number of amides is 2. The highest BCUT2D eigenvalue weighted by atomic mass is 16.2. The second-order valence-corrected chi connectivity index (χ2v) is 7.88. The molecule has 1 aliphatic carbocycles. The summed E-state index contributed by atoms with van der Waals surface area (Å²) in [4.78, 5) is 39.3. The number of hydrogen-bond donors (Lipinski definition) is 2. The van der Waals surface area contributed by atoms with Crippen molar-refractivity contribution in [1.29, 1.82) is 0 Å². The molecular weight excluding hydrogens is 332 g/mol. The van der Waals surface area contributed by atoms with Crippen molar-refractivity contribution in [3.8, 4) is 0 Å². The number of nitrogens with one attached hydrogen (secondary N) is 2. The Balaban J connectivity index is 1.96. The molecule has 26 heavy (non-hydrogen) atoms. The molecule has 0 radical (unpaired) electrons. The van der Waals surface area contributed by atoms with Gasteiger partial charge in [-0.25, -0.2) is 5.43 Å². The summed E-state index contributed by atoms with van der Waals surface area (Å²) in [5, 5.41) is 6.89. The molecule has 7 heteroatoms. The van der Waals surface area contributed by atoms with Crippen molar-refractivity contribution in [2.24, 2.45) is 16.9 Å². The Labute approximate surface area is 156 Å². The molecule has 0 aromatic rings. The lowest BCUT2D eigenvalue weighted by Crippen LogP contribution is -2.49. The SMILES string of the molecule is CC(C)CC(NC(=O)C1CCCCC1)C(=O)C(=O)NN=C1CCCN1C. The zero-order chi connectivity index (χ0) is 19.1. The van der Waals surface area contributed by atoms with Crippen molar-refractivity contribution in [3.63, 3.8) is 0 Å². The van der Waals surface area contributed by atoms with Gasteiger partial charge in [0, 0.05) is 25.9 Å². The Hall–Kier alpha value is -1.92. The molecule has 1 saturated carbocycles. The van der Waals surface area contributed by atoms with Crippen molar-refractivity contribution in [3.05, 3.63) is 0 Å². The van der Waals surface area contributed by atoms with Crippen LogP contribution in [-0.4, -0.2) is 48.0 Å². The predicted octanol–water partition coefficient (Wildman–Crippen LogP) is 1.82. The molecular formula is C19H32N4O3. The molecule has 2 N–H and O–H groups in total. The van der Waals surface area contributed by atoms with Gasteiger partial charge in [-0.2, -0.15) is 5.10 Å². The highest BCUT2D eigenvalue weighted by Crippen LogP contribution is 2.24. The summed E-state index contributed by atoms with van der Waals surface area (Å²) in [7, 11) is 1.91. The minimum Gasteiger partial charge on any atom is -0.362 e. The van der Waals surface area contributed by atoms with Crippen LogP contribution in [0.1, 0.15) is 65.2 Å². The average molecular weight is 364 g/mol. The molecule has 2 aliphatic rings. The summed E-state index contributed by atoms with van der Waals surface area (Å²) < 4.78 is 0. The highest BCUT2D eigenvalue weighted by molar-refractivity contribution is 6.38. The summed E-state index contributed by atoms with van der Waals surface area (Å²) in [5.41, 5.74) is 2.37. The van der Waals surface area contributed by atoms with E-state index in [1.165, 1.54) is 0 Å². The largest absolute Gasteiger partial charge is 0.362 e. The second-order valence-electron chi connectivity index (χ2n) is 7.88. The van der Waals surface area contributed by atoms with Crippen LogP contribution in [0.5, 0.6) is 0 Å². The van der Waals surface area contributed by atoms with E-state index in [4.69, 9.17) is 0 Å². The number of hydrazone groups is 1. The van der Waals surface area contributed by atoms with Gasteiger partial charge in [0.1, 0.15) is 5.84 Å². The maximum atomic E-state index is 12.6. The minimum absolute atomic E-state index is 0.0401. The number of hydrogen-bond acceptors (Lipinski definition) is 4. The molecule has 1 unspecified atom stereocenters. The fourth-order valence-electron chi connectivity index (χ4n) is 3.62. The third-order valence-electron chi connectivity index (χ3n) is 5.16. The number of rotatable bonds is 7. The van der Waals surface area contributed by atoms with E-state index in [2.05, 4.69) is 15.8 Å². The van der Waals surface area contributed by atoms with Gasteiger partial charge >= 0.3 is 5.91 Å². The number of amidine groups is 1. The van der Waals surface area contributed by atoms with Crippen LogP contribution in [0, 0.1) is 11.8 Å². The van der Waals surface area contributed by atoms with Gasteiger partial charge in [0.2, 0.25) is 11.7 Å². The van der Waals surface area contributed by atoms with Crippen molar-refractivity contribution < 1.29 is 14.4 Å². The van der Waals surface area contributed by atoms with Gasteiger partial charge in [0.15, 0.2) is 0 Å².